The molecule has 0 aliphatic carbocycles. The summed E-state index contributed by atoms with van der Waals surface area (Å²) < 4.78 is 6.29. The third-order valence-corrected chi connectivity index (χ3v) is 4.75. The summed E-state index contributed by atoms with van der Waals surface area (Å²) in [7, 11) is 1.80. The van der Waals surface area contributed by atoms with Gasteiger partial charge >= 0.3 is 0 Å². The zero-order valence-corrected chi connectivity index (χ0v) is 13.1. The second-order valence-electron chi connectivity index (χ2n) is 3.85. The first kappa shape index (κ1) is 15.4. The summed E-state index contributed by atoms with van der Waals surface area (Å²) in [5.41, 5.74) is 0. The maximum absolute atomic E-state index is 9.86. The van der Waals surface area contributed by atoms with Crippen molar-refractivity contribution in [1.82, 2.24) is 10.2 Å². The Bertz CT molecular complexity index is 536. The Hall–Kier alpha value is -1.02. The highest BCUT2D eigenvalue weighted by Crippen LogP contribution is 2.25. The van der Waals surface area contributed by atoms with Crippen LogP contribution in [0.2, 0.25) is 5.02 Å². The van der Waals surface area contributed by atoms with Gasteiger partial charge in [-0.25, -0.2) is 0 Å². The molecule has 2 N–H and O–H groups in total. The number of aromatic nitrogens is 2. The standard InChI is InChI=1S/C12H14ClN3O2S2/c1-14-11-15-16-12(20-11)19-7-9(17)6-18-10-4-2-8(13)3-5-10/h2-5,9,17H,6-7H2,1H3,(H,14,15)/t9-/m0/s1. The molecule has 8 heteroatoms. The number of benzene rings is 1. The molecule has 0 unspecified atom stereocenters. The van der Waals surface area contributed by atoms with Crippen LogP contribution < -0.4 is 10.1 Å². The fourth-order valence-electron chi connectivity index (χ4n) is 1.31. The Kier molecular flexibility index (Phi) is 5.90. The maximum Gasteiger partial charge on any atom is 0.206 e. The van der Waals surface area contributed by atoms with Crippen LogP contribution in [0, 0.1) is 0 Å². The van der Waals surface area contributed by atoms with E-state index in [1.165, 1.54) is 23.1 Å². The summed E-state index contributed by atoms with van der Waals surface area (Å²) in [5, 5.41) is 22.1. The first-order chi connectivity index (χ1) is 9.67. The summed E-state index contributed by atoms with van der Waals surface area (Å²) in [5.74, 6) is 1.19. The fraction of sp³-hybridized carbons (Fsp3) is 0.333. The molecule has 5 nitrogen and oxygen atoms in total. The molecule has 0 saturated heterocycles. The first-order valence-corrected chi connectivity index (χ1v) is 8.06. The maximum atomic E-state index is 9.86. The molecule has 1 aromatic carbocycles. The van der Waals surface area contributed by atoms with Crippen molar-refractivity contribution < 1.29 is 9.84 Å². The van der Waals surface area contributed by atoms with Crippen LogP contribution in [0.3, 0.4) is 0 Å². The highest BCUT2D eigenvalue weighted by molar-refractivity contribution is 8.01. The van der Waals surface area contributed by atoms with Crippen LogP contribution in [0.1, 0.15) is 0 Å². The Labute approximate surface area is 130 Å². The average Bonchev–Trinajstić information content (AvgIpc) is 2.92. The lowest BCUT2D eigenvalue weighted by Crippen LogP contribution is -2.19. The third-order valence-electron chi connectivity index (χ3n) is 2.28. The van der Waals surface area contributed by atoms with Gasteiger partial charge in [0.15, 0.2) is 4.34 Å². The Morgan fingerprint density at radius 3 is 2.80 bits per heavy atom. The number of rotatable bonds is 7. The lowest BCUT2D eigenvalue weighted by Gasteiger charge is -2.11. The molecule has 0 fully saturated rings. The van der Waals surface area contributed by atoms with Crippen molar-refractivity contribution in [3.63, 3.8) is 0 Å². The summed E-state index contributed by atoms with van der Waals surface area (Å²) in [4.78, 5) is 0. The van der Waals surface area contributed by atoms with E-state index in [-0.39, 0.29) is 6.61 Å². The van der Waals surface area contributed by atoms with E-state index in [4.69, 9.17) is 16.3 Å². The highest BCUT2D eigenvalue weighted by Gasteiger charge is 2.09. The minimum absolute atomic E-state index is 0.228. The predicted octanol–water partition coefficient (Wildman–Crippen LogP) is 2.77. The Morgan fingerprint density at radius 1 is 1.40 bits per heavy atom. The molecule has 1 aromatic heterocycles. The minimum Gasteiger partial charge on any atom is -0.491 e. The van der Waals surface area contributed by atoms with Gasteiger partial charge in [-0.3, -0.25) is 0 Å². The monoisotopic (exact) mass is 331 g/mol. The summed E-state index contributed by atoms with van der Waals surface area (Å²) in [6, 6.07) is 7.04. The number of ether oxygens (including phenoxy) is 1. The molecule has 1 atom stereocenters. The van der Waals surface area contributed by atoms with Crippen LogP contribution in [0.5, 0.6) is 5.75 Å². The second kappa shape index (κ2) is 7.68. The van der Waals surface area contributed by atoms with Gasteiger partial charge in [0.05, 0.1) is 6.10 Å². The van der Waals surface area contributed by atoms with Crippen molar-refractivity contribution >= 4 is 39.8 Å². The zero-order valence-electron chi connectivity index (χ0n) is 10.7. The Balaban J connectivity index is 1.72. The van der Waals surface area contributed by atoms with E-state index in [0.29, 0.717) is 16.5 Å². The van der Waals surface area contributed by atoms with Gasteiger partial charge in [0.2, 0.25) is 5.13 Å². The topological polar surface area (TPSA) is 67.3 Å². The number of anilines is 1. The van der Waals surface area contributed by atoms with Crippen LogP contribution in [0.4, 0.5) is 5.13 Å². The van der Waals surface area contributed by atoms with Gasteiger partial charge < -0.3 is 15.2 Å². The number of hydrogen-bond donors (Lipinski definition) is 2. The number of aliphatic hydroxyl groups excluding tert-OH is 1. The van der Waals surface area contributed by atoms with Crippen LogP contribution in [-0.4, -0.2) is 40.8 Å². The highest BCUT2D eigenvalue weighted by atomic mass is 35.5. The van der Waals surface area contributed by atoms with Crippen LogP contribution >= 0.6 is 34.7 Å². The average molecular weight is 332 g/mol. The number of aliphatic hydroxyl groups is 1. The van der Waals surface area contributed by atoms with Crippen molar-refractivity contribution in [2.45, 2.75) is 10.4 Å². The van der Waals surface area contributed by atoms with Crippen LogP contribution in [0.25, 0.3) is 0 Å². The smallest absolute Gasteiger partial charge is 0.206 e. The summed E-state index contributed by atoms with van der Waals surface area (Å²) >= 11 is 8.69. The van der Waals surface area contributed by atoms with Gasteiger partial charge in [0.1, 0.15) is 12.4 Å². The molecule has 0 spiro atoms. The molecule has 0 saturated carbocycles. The predicted molar refractivity (Wildman–Crippen MR) is 83.1 cm³/mol. The molecule has 0 aliphatic heterocycles. The third kappa shape index (κ3) is 4.82. The quantitative estimate of drug-likeness (QED) is 0.760. The van der Waals surface area contributed by atoms with E-state index in [0.717, 1.165) is 9.47 Å². The van der Waals surface area contributed by atoms with Gasteiger partial charge in [0.25, 0.3) is 0 Å². The molecule has 2 aromatic rings. The van der Waals surface area contributed by atoms with Crippen molar-refractivity contribution in [1.29, 1.82) is 0 Å². The van der Waals surface area contributed by atoms with Crippen molar-refractivity contribution in [3.05, 3.63) is 29.3 Å². The van der Waals surface area contributed by atoms with E-state index in [2.05, 4.69) is 15.5 Å². The molecule has 108 valence electrons. The van der Waals surface area contributed by atoms with E-state index in [9.17, 15) is 5.11 Å². The van der Waals surface area contributed by atoms with E-state index >= 15 is 0 Å². The zero-order chi connectivity index (χ0) is 14.4. The number of nitrogens with zero attached hydrogens (tertiary/aromatic N) is 2. The van der Waals surface area contributed by atoms with Gasteiger partial charge in [-0.05, 0) is 24.3 Å². The molecule has 0 aliphatic rings. The normalized spacial score (nSPS) is 12.2. The number of nitrogens with one attached hydrogen (secondary N) is 1. The van der Waals surface area contributed by atoms with Crippen molar-refractivity contribution in [2.75, 3.05) is 24.7 Å². The number of hydrogen-bond acceptors (Lipinski definition) is 7. The molecule has 1 heterocycles. The minimum atomic E-state index is -0.572. The molecule has 0 amide bonds. The van der Waals surface area contributed by atoms with Gasteiger partial charge in [0, 0.05) is 17.8 Å². The van der Waals surface area contributed by atoms with Crippen molar-refractivity contribution in [2.24, 2.45) is 0 Å². The SMILES string of the molecule is CNc1nnc(SC[C@@H](O)COc2ccc(Cl)cc2)s1. The first-order valence-electron chi connectivity index (χ1n) is 5.88. The molecule has 0 radical (unpaired) electrons. The molecule has 0 bridgehead atoms. The van der Waals surface area contributed by atoms with Crippen molar-refractivity contribution in [3.8, 4) is 5.75 Å². The van der Waals surface area contributed by atoms with E-state index in [1.54, 1.807) is 31.3 Å². The van der Waals surface area contributed by atoms with Crippen LogP contribution in [0.15, 0.2) is 28.6 Å². The second-order valence-corrected chi connectivity index (χ2v) is 6.53. The van der Waals surface area contributed by atoms with E-state index < -0.39 is 6.10 Å². The van der Waals surface area contributed by atoms with Crippen LogP contribution in [-0.2, 0) is 0 Å². The van der Waals surface area contributed by atoms with Gasteiger partial charge in [-0.2, -0.15) is 0 Å². The molecule has 2 rings (SSSR count). The van der Waals surface area contributed by atoms with E-state index in [1.807, 2.05) is 0 Å². The Morgan fingerprint density at radius 2 is 2.15 bits per heavy atom. The lowest BCUT2D eigenvalue weighted by atomic mass is 10.3. The lowest BCUT2D eigenvalue weighted by molar-refractivity contribution is 0.126. The summed E-state index contributed by atoms with van der Waals surface area (Å²) in [6.45, 7) is 0.228. The van der Waals surface area contributed by atoms with Gasteiger partial charge in [-0.1, -0.05) is 34.7 Å². The summed E-state index contributed by atoms with van der Waals surface area (Å²) in [6.07, 6.45) is -0.572. The largest absolute Gasteiger partial charge is 0.491 e. The number of halogens is 1. The number of thioether (sulfide) groups is 1. The molecular formula is C12H14ClN3O2S2. The van der Waals surface area contributed by atoms with Gasteiger partial charge in [-0.15, -0.1) is 10.2 Å². The molecular weight excluding hydrogens is 318 g/mol. The fourth-order valence-corrected chi connectivity index (χ4v) is 3.07. The molecule has 20 heavy (non-hydrogen) atoms.